The number of aromatic nitrogens is 1. The van der Waals surface area contributed by atoms with Crippen molar-refractivity contribution >= 4 is 45.2 Å². The van der Waals surface area contributed by atoms with Gasteiger partial charge in [-0.1, -0.05) is 29.5 Å². The van der Waals surface area contributed by atoms with Crippen LogP contribution in [0.15, 0.2) is 47.5 Å². The number of ether oxygens (including phenoxy) is 3. The first-order valence-corrected chi connectivity index (χ1v) is 13.1. The third-order valence-electron chi connectivity index (χ3n) is 5.76. The van der Waals surface area contributed by atoms with Gasteiger partial charge in [-0.3, -0.25) is 9.79 Å². The molecule has 0 aliphatic carbocycles. The summed E-state index contributed by atoms with van der Waals surface area (Å²) in [6, 6.07) is 14.0. The van der Waals surface area contributed by atoms with Gasteiger partial charge in [0.05, 0.1) is 31.0 Å². The van der Waals surface area contributed by atoms with E-state index >= 15 is 0 Å². The lowest BCUT2D eigenvalue weighted by molar-refractivity contribution is -0.117. The number of carbonyl (C=O) groups excluding carboxylic acids is 1. The maximum Gasteiger partial charge on any atom is 0.335 e. The molecule has 1 atom stereocenters. The minimum absolute atomic E-state index is 0.0855. The Bertz CT molecular complexity index is 1280. The van der Waals surface area contributed by atoms with Crippen LogP contribution in [-0.2, 0) is 21.1 Å². The number of amides is 1. The predicted octanol–water partition coefficient (Wildman–Crippen LogP) is 3.89. The van der Waals surface area contributed by atoms with Crippen LogP contribution in [0.5, 0.6) is 17.2 Å². The number of nitrogens with zero attached hydrogens (tertiary/aromatic N) is 1. The smallest absolute Gasteiger partial charge is 0.335 e. The molecular formula is C25H27N3O6S2. The molecule has 0 spiro atoms. The van der Waals surface area contributed by atoms with Crippen LogP contribution in [0.25, 0.3) is 10.9 Å². The van der Waals surface area contributed by atoms with Crippen molar-refractivity contribution in [3.05, 3.63) is 53.7 Å². The zero-order chi connectivity index (χ0) is 25.5. The lowest BCUT2D eigenvalue weighted by Crippen LogP contribution is -2.25. The predicted molar refractivity (Wildman–Crippen MR) is 140 cm³/mol. The van der Waals surface area contributed by atoms with Gasteiger partial charge in [-0.15, -0.1) is 0 Å². The van der Waals surface area contributed by atoms with Gasteiger partial charge < -0.3 is 24.9 Å². The van der Waals surface area contributed by atoms with Crippen LogP contribution < -0.4 is 15.2 Å². The van der Waals surface area contributed by atoms with Crippen LogP contribution in [0.2, 0.25) is 0 Å². The number of carbonyl (C=O) groups is 1. The number of rotatable bonds is 7. The van der Waals surface area contributed by atoms with Gasteiger partial charge in [0.1, 0.15) is 28.4 Å². The van der Waals surface area contributed by atoms with Gasteiger partial charge in [0, 0.05) is 36.0 Å². The number of primary amides is 1. The largest absolute Gasteiger partial charge is 0.488 e. The normalized spacial score (nSPS) is 17.7. The van der Waals surface area contributed by atoms with E-state index in [1.54, 1.807) is 11.8 Å². The number of nitrogens with two attached hydrogens (primary N) is 1. The third-order valence-corrected chi connectivity index (χ3v) is 6.98. The number of aromatic amines is 1. The quantitative estimate of drug-likeness (QED) is 0.474. The topological polar surface area (TPSA) is 133 Å². The van der Waals surface area contributed by atoms with Crippen molar-refractivity contribution in [2.45, 2.75) is 37.5 Å². The molecule has 0 bridgehead atoms. The van der Waals surface area contributed by atoms with Crippen molar-refractivity contribution in [1.82, 2.24) is 4.98 Å². The fraction of sp³-hybridized carbons (Fsp3) is 0.360. The highest BCUT2D eigenvalue weighted by Gasteiger charge is 2.25. The highest BCUT2D eigenvalue weighted by molar-refractivity contribution is 8.15. The number of hydrogen-bond acceptors (Lipinski definition) is 8. The van der Waals surface area contributed by atoms with Gasteiger partial charge in [0.15, 0.2) is 0 Å². The van der Waals surface area contributed by atoms with Gasteiger partial charge in [-0.05, 0) is 31.2 Å². The summed E-state index contributed by atoms with van der Waals surface area (Å²) in [5.41, 5.74) is 8.37. The van der Waals surface area contributed by atoms with Crippen LogP contribution in [0, 0.1) is 6.92 Å². The Hall–Kier alpha value is -3.15. The molecule has 0 radical (unpaired) electrons. The lowest BCUT2D eigenvalue weighted by atomic mass is 10.1. The van der Waals surface area contributed by atoms with E-state index in [1.807, 2.05) is 36.4 Å². The fourth-order valence-corrected chi connectivity index (χ4v) is 5.16. The average molecular weight is 530 g/mol. The zero-order valence-corrected chi connectivity index (χ0v) is 21.4. The van der Waals surface area contributed by atoms with Crippen molar-refractivity contribution in [2.75, 3.05) is 19.8 Å². The van der Waals surface area contributed by atoms with Crippen LogP contribution in [-0.4, -0.2) is 55.5 Å². The third kappa shape index (κ3) is 6.74. The van der Waals surface area contributed by atoms with Crippen molar-refractivity contribution in [1.29, 1.82) is 0 Å². The number of H-pyrrole nitrogens is 1. The molecule has 3 aromatic rings. The fourth-order valence-electron chi connectivity index (χ4n) is 4.06. The summed E-state index contributed by atoms with van der Waals surface area (Å²) in [6.45, 7) is 4.05. The van der Waals surface area contributed by atoms with E-state index in [9.17, 15) is 4.79 Å². The van der Waals surface area contributed by atoms with Crippen LogP contribution in [0.1, 0.15) is 30.5 Å². The molecule has 0 saturated carbocycles. The molecule has 190 valence electrons. The lowest BCUT2D eigenvalue weighted by Gasteiger charge is -2.24. The Labute approximate surface area is 216 Å². The van der Waals surface area contributed by atoms with Gasteiger partial charge in [-0.2, -0.15) is 8.42 Å². The van der Waals surface area contributed by atoms with E-state index in [1.165, 1.54) is 5.56 Å². The number of thioether (sulfide) groups is 1. The number of nitrogens with one attached hydrogen (secondary N) is 1. The van der Waals surface area contributed by atoms with Crippen LogP contribution in [0.4, 0.5) is 0 Å². The molecule has 1 amide bonds. The minimum atomic E-state index is -0.750. The van der Waals surface area contributed by atoms with Crippen molar-refractivity contribution in [2.24, 2.45) is 10.7 Å². The van der Waals surface area contributed by atoms with Gasteiger partial charge >= 0.3 is 11.6 Å². The first kappa shape index (κ1) is 25.9. The summed E-state index contributed by atoms with van der Waals surface area (Å²) < 4.78 is 34.6. The van der Waals surface area contributed by atoms with Gasteiger partial charge in [-0.25, -0.2) is 0 Å². The van der Waals surface area contributed by atoms with E-state index in [-0.39, 0.29) is 17.3 Å². The molecule has 2 aliphatic heterocycles. The molecule has 2 aliphatic rings. The molecule has 5 rings (SSSR count). The highest BCUT2D eigenvalue weighted by atomic mass is 32.2. The summed E-state index contributed by atoms with van der Waals surface area (Å²) in [6.07, 6.45) is 2.14. The molecule has 9 nitrogen and oxygen atoms in total. The first-order valence-electron chi connectivity index (χ1n) is 11.5. The molecule has 3 N–H and O–H groups in total. The van der Waals surface area contributed by atoms with E-state index in [2.05, 4.69) is 23.0 Å². The Morgan fingerprint density at radius 2 is 1.89 bits per heavy atom. The second kappa shape index (κ2) is 12.2. The number of fused-ring (bicyclic) bond motifs is 1. The number of hydrogen-bond donors (Lipinski definition) is 2. The Morgan fingerprint density at radius 3 is 2.58 bits per heavy atom. The molecule has 3 heterocycles. The molecule has 36 heavy (non-hydrogen) atoms. The van der Waals surface area contributed by atoms with Crippen LogP contribution >= 0.6 is 11.8 Å². The molecule has 11 heteroatoms. The number of benzene rings is 2. The molecule has 1 unspecified atom stereocenters. The highest BCUT2D eigenvalue weighted by Crippen LogP contribution is 2.37. The van der Waals surface area contributed by atoms with Crippen molar-refractivity contribution in [3.63, 3.8) is 0 Å². The standard InChI is InChI=1S/C25H27N3O4S.O2S/c1-15-2-4-17(5-3-15)31-19-10-16-11-21(25-27-14-20(33-25)13-23(26)29)28-24(16)22(12-19)32-18-6-8-30-9-7-18;1-3-2/h2-5,10-12,18,20,28H,6-9,13-14H2,1H3,(H2,26,29);. The van der Waals surface area contributed by atoms with Crippen LogP contribution in [0.3, 0.4) is 0 Å². The van der Waals surface area contributed by atoms with E-state index in [0.717, 1.165) is 46.0 Å². The van der Waals surface area contributed by atoms with Gasteiger partial charge in [0.25, 0.3) is 0 Å². The molecule has 2 aromatic carbocycles. The van der Waals surface area contributed by atoms with E-state index in [4.69, 9.17) is 28.4 Å². The summed E-state index contributed by atoms with van der Waals surface area (Å²) in [5.74, 6) is 1.94. The van der Waals surface area contributed by atoms with E-state index in [0.29, 0.717) is 31.9 Å². The SMILES string of the molecule is Cc1ccc(Oc2cc(OC3CCOCC3)c3[nH]c(C4=NCC(CC(N)=O)S4)cc3c2)cc1.O=S=O. The zero-order valence-electron chi connectivity index (χ0n) is 19.7. The maximum absolute atomic E-state index is 11.3. The first-order chi connectivity index (χ1) is 17.4. The second-order valence-corrected chi connectivity index (χ2v) is 9.96. The summed E-state index contributed by atoms with van der Waals surface area (Å²) in [4.78, 5) is 19.4. The molecule has 1 fully saturated rings. The van der Waals surface area contributed by atoms with E-state index < -0.39 is 11.6 Å². The second-order valence-electron chi connectivity index (χ2n) is 8.54. The Balaban J connectivity index is 0.000000967. The Morgan fingerprint density at radius 1 is 1.17 bits per heavy atom. The molecule has 1 aromatic heterocycles. The number of aliphatic imine (C=N–C) groups is 1. The summed E-state index contributed by atoms with van der Waals surface area (Å²) >= 11 is 0.836. The molecular weight excluding hydrogens is 502 g/mol. The summed E-state index contributed by atoms with van der Waals surface area (Å²) in [7, 11) is 0. The summed E-state index contributed by atoms with van der Waals surface area (Å²) in [5, 5.41) is 1.95. The van der Waals surface area contributed by atoms with Crippen molar-refractivity contribution in [3.8, 4) is 17.2 Å². The van der Waals surface area contributed by atoms with Crippen molar-refractivity contribution < 1.29 is 27.4 Å². The Kier molecular flexibility index (Phi) is 8.79. The average Bonchev–Trinajstić information content (AvgIpc) is 3.49. The number of aryl methyl sites for hydroxylation is 1. The minimum Gasteiger partial charge on any atom is -0.488 e. The maximum atomic E-state index is 11.3. The molecule has 1 saturated heterocycles. The van der Waals surface area contributed by atoms with Gasteiger partial charge in [0.2, 0.25) is 5.91 Å². The monoisotopic (exact) mass is 529 g/mol.